The quantitative estimate of drug-likeness (QED) is 0.458. The zero-order valence-corrected chi connectivity index (χ0v) is 18.6. The van der Waals surface area contributed by atoms with E-state index in [1.165, 1.54) is 4.90 Å². The number of amides is 2. The van der Waals surface area contributed by atoms with Crippen LogP contribution in [0.2, 0.25) is 0 Å². The maximum atomic E-state index is 13.3. The average molecular weight is 437 g/mol. The molecule has 2 aliphatic rings. The maximum Gasteiger partial charge on any atom is 0.278 e. The molecule has 4 rings (SSSR count). The third-order valence-electron chi connectivity index (χ3n) is 5.31. The van der Waals surface area contributed by atoms with Crippen LogP contribution >= 0.6 is 0 Å². The van der Waals surface area contributed by atoms with E-state index in [-0.39, 0.29) is 30.4 Å². The first-order valence-corrected chi connectivity index (χ1v) is 11.0. The monoisotopic (exact) mass is 436 g/mol. The number of ether oxygens (including phenoxy) is 3. The molecule has 168 valence electrons. The highest BCUT2D eigenvalue weighted by Crippen LogP contribution is 2.37. The van der Waals surface area contributed by atoms with Crippen molar-refractivity contribution in [1.82, 2.24) is 4.90 Å². The molecule has 0 fully saturated rings. The van der Waals surface area contributed by atoms with Crippen molar-refractivity contribution in [2.45, 2.75) is 46.1 Å². The predicted molar refractivity (Wildman–Crippen MR) is 122 cm³/mol. The second kappa shape index (κ2) is 9.34. The summed E-state index contributed by atoms with van der Waals surface area (Å²) in [6.07, 6.45) is 2.79. The Morgan fingerprint density at radius 3 is 2.47 bits per heavy atom. The highest BCUT2D eigenvalue weighted by Gasteiger charge is 2.39. The van der Waals surface area contributed by atoms with Gasteiger partial charge in [0, 0.05) is 18.3 Å². The number of anilines is 1. The molecule has 0 saturated heterocycles. The van der Waals surface area contributed by atoms with E-state index in [1.807, 2.05) is 38.1 Å². The molecule has 0 radical (unpaired) electrons. The largest absolute Gasteiger partial charge is 0.491 e. The number of benzene rings is 2. The number of fused-ring (bicyclic) bond motifs is 1. The molecule has 0 bridgehead atoms. The molecule has 0 aromatic heterocycles. The highest BCUT2D eigenvalue weighted by atomic mass is 16.7. The minimum absolute atomic E-state index is 0.0482. The van der Waals surface area contributed by atoms with E-state index in [9.17, 15) is 9.59 Å². The highest BCUT2D eigenvalue weighted by molar-refractivity contribution is 6.36. The summed E-state index contributed by atoms with van der Waals surface area (Å²) in [5, 5.41) is 3.17. The molecule has 0 aliphatic carbocycles. The minimum Gasteiger partial charge on any atom is -0.491 e. The van der Waals surface area contributed by atoms with Crippen LogP contribution in [0.25, 0.3) is 5.57 Å². The molecule has 7 nitrogen and oxygen atoms in total. The fraction of sp³-hybridized carbons (Fsp3) is 0.360. The van der Waals surface area contributed by atoms with E-state index in [0.717, 1.165) is 19.3 Å². The summed E-state index contributed by atoms with van der Waals surface area (Å²) >= 11 is 0. The molecule has 2 aromatic carbocycles. The zero-order chi connectivity index (χ0) is 22.7. The van der Waals surface area contributed by atoms with E-state index in [2.05, 4.69) is 12.2 Å². The smallest absolute Gasteiger partial charge is 0.278 e. The van der Waals surface area contributed by atoms with Crippen LogP contribution in [0.3, 0.4) is 0 Å². The van der Waals surface area contributed by atoms with Crippen molar-refractivity contribution in [3.05, 3.63) is 53.7 Å². The normalized spacial score (nSPS) is 15.2. The van der Waals surface area contributed by atoms with Crippen molar-refractivity contribution in [1.29, 1.82) is 0 Å². The molecule has 2 heterocycles. The lowest BCUT2D eigenvalue weighted by molar-refractivity contribution is -0.136. The molecule has 0 unspecified atom stereocenters. The van der Waals surface area contributed by atoms with Gasteiger partial charge >= 0.3 is 0 Å². The summed E-state index contributed by atoms with van der Waals surface area (Å²) < 4.78 is 16.5. The van der Waals surface area contributed by atoms with Gasteiger partial charge in [-0.05, 0) is 50.1 Å². The van der Waals surface area contributed by atoms with Gasteiger partial charge in [0.05, 0.1) is 11.7 Å². The lowest BCUT2D eigenvalue weighted by Crippen LogP contribution is -2.33. The second-order valence-corrected chi connectivity index (χ2v) is 8.10. The van der Waals surface area contributed by atoms with Gasteiger partial charge in [-0.25, -0.2) is 0 Å². The van der Waals surface area contributed by atoms with Crippen LogP contribution in [0.4, 0.5) is 5.69 Å². The fourth-order valence-corrected chi connectivity index (χ4v) is 3.77. The van der Waals surface area contributed by atoms with Crippen molar-refractivity contribution in [2.75, 3.05) is 18.7 Å². The van der Waals surface area contributed by atoms with Crippen molar-refractivity contribution in [2.24, 2.45) is 0 Å². The topological polar surface area (TPSA) is 77.1 Å². The summed E-state index contributed by atoms with van der Waals surface area (Å²) in [6, 6.07) is 12.6. The van der Waals surface area contributed by atoms with E-state index in [4.69, 9.17) is 14.2 Å². The van der Waals surface area contributed by atoms with E-state index >= 15 is 0 Å². The lowest BCUT2D eigenvalue weighted by atomic mass is 10.0. The molecule has 0 spiro atoms. The summed E-state index contributed by atoms with van der Waals surface area (Å²) in [4.78, 5) is 27.9. The third kappa shape index (κ3) is 4.42. The van der Waals surface area contributed by atoms with Crippen LogP contribution in [-0.4, -0.2) is 36.2 Å². The lowest BCUT2D eigenvalue weighted by Gasteiger charge is -2.15. The van der Waals surface area contributed by atoms with Gasteiger partial charge in [-0.3, -0.25) is 14.5 Å². The Hall–Kier alpha value is -3.48. The average Bonchev–Trinajstić information content (AvgIpc) is 3.32. The zero-order valence-electron chi connectivity index (χ0n) is 18.6. The number of rotatable bonds is 9. The van der Waals surface area contributed by atoms with Crippen LogP contribution in [0.5, 0.6) is 17.2 Å². The van der Waals surface area contributed by atoms with Crippen molar-refractivity contribution in [3.63, 3.8) is 0 Å². The van der Waals surface area contributed by atoms with Gasteiger partial charge in [0.1, 0.15) is 11.4 Å². The van der Waals surface area contributed by atoms with E-state index in [1.54, 1.807) is 18.2 Å². The molecule has 1 N–H and O–H groups in total. The van der Waals surface area contributed by atoms with Crippen LogP contribution in [0, 0.1) is 0 Å². The van der Waals surface area contributed by atoms with Crippen LogP contribution in [0.15, 0.2) is 48.2 Å². The molecular formula is C25H28N2O5. The van der Waals surface area contributed by atoms with Crippen molar-refractivity contribution < 1.29 is 23.8 Å². The minimum atomic E-state index is -0.318. The molecule has 2 aliphatic heterocycles. The summed E-state index contributed by atoms with van der Waals surface area (Å²) in [7, 11) is 0. The maximum absolute atomic E-state index is 13.3. The fourth-order valence-electron chi connectivity index (χ4n) is 3.77. The predicted octanol–water partition coefficient (Wildman–Crippen LogP) is 4.58. The van der Waals surface area contributed by atoms with Crippen LogP contribution in [0.1, 0.15) is 45.6 Å². The van der Waals surface area contributed by atoms with Crippen LogP contribution in [-0.2, 0) is 9.59 Å². The van der Waals surface area contributed by atoms with Gasteiger partial charge in [0.15, 0.2) is 11.5 Å². The van der Waals surface area contributed by atoms with Gasteiger partial charge in [0.25, 0.3) is 11.8 Å². The number of imide groups is 1. The number of nitrogens with zero attached hydrogens (tertiary/aromatic N) is 1. The Kier molecular flexibility index (Phi) is 6.35. The Bertz CT molecular complexity index is 1040. The first-order chi connectivity index (χ1) is 15.5. The van der Waals surface area contributed by atoms with Crippen LogP contribution < -0.4 is 19.5 Å². The van der Waals surface area contributed by atoms with Gasteiger partial charge < -0.3 is 19.5 Å². The first-order valence-electron chi connectivity index (χ1n) is 11.0. The summed E-state index contributed by atoms with van der Waals surface area (Å²) in [5.74, 6) is 1.36. The Balaban J connectivity index is 1.67. The summed E-state index contributed by atoms with van der Waals surface area (Å²) in [6.45, 7) is 6.56. The number of carbonyl (C=O) groups is 2. The molecule has 2 amide bonds. The number of hydrogen-bond acceptors (Lipinski definition) is 6. The van der Waals surface area contributed by atoms with E-state index in [0.29, 0.717) is 40.6 Å². The molecule has 0 saturated carbocycles. The number of unbranched alkanes of at least 4 members (excludes halogenated alkanes) is 2. The number of hydrogen-bond donors (Lipinski definition) is 1. The third-order valence-corrected chi connectivity index (χ3v) is 5.31. The standard InChI is InChI=1S/C25H28N2O5/c1-4-5-6-13-27-24(28)22(17-7-10-19(11-8-17)32-16(2)3)23(25(27)29)26-18-9-12-20-21(14-18)31-15-30-20/h7-12,14,16,26H,4-6,13,15H2,1-3H3. The van der Waals surface area contributed by atoms with Gasteiger partial charge in [-0.1, -0.05) is 31.9 Å². The molecule has 2 aromatic rings. The number of carbonyl (C=O) groups excluding carboxylic acids is 2. The van der Waals surface area contributed by atoms with Gasteiger partial charge in [-0.2, -0.15) is 0 Å². The summed E-state index contributed by atoms with van der Waals surface area (Å²) in [5.41, 5.74) is 1.95. The first kappa shape index (κ1) is 21.7. The molecule has 32 heavy (non-hydrogen) atoms. The Morgan fingerprint density at radius 2 is 1.75 bits per heavy atom. The second-order valence-electron chi connectivity index (χ2n) is 8.10. The van der Waals surface area contributed by atoms with Gasteiger partial charge in [0.2, 0.25) is 6.79 Å². The Labute approximate surface area is 188 Å². The van der Waals surface area contributed by atoms with Crippen molar-refractivity contribution in [3.8, 4) is 17.2 Å². The SMILES string of the molecule is CCCCCN1C(=O)C(Nc2ccc3c(c2)OCO3)=C(c2ccc(OC(C)C)cc2)C1=O. The van der Waals surface area contributed by atoms with Crippen molar-refractivity contribution >= 4 is 23.1 Å². The Morgan fingerprint density at radius 1 is 1.00 bits per heavy atom. The molecule has 0 atom stereocenters. The molecular weight excluding hydrogens is 408 g/mol. The molecule has 7 heteroatoms. The van der Waals surface area contributed by atoms with Gasteiger partial charge in [-0.15, -0.1) is 0 Å². The number of nitrogens with one attached hydrogen (secondary N) is 1. The van der Waals surface area contributed by atoms with E-state index < -0.39 is 0 Å².